The zero-order chi connectivity index (χ0) is 26.1. The van der Waals surface area contributed by atoms with Gasteiger partial charge in [0.25, 0.3) is 0 Å². The largest absolute Gasteiger partial charge is 0.453 e. The van der Waals surface area contributed by atoms with E-state index in [1.165, 1.54) is 19.1 Å². The van der Waals surface area contributed by atoms with Crippen molar-refractivity contribution in [3.05, 3.63) is 65.2 Å². The summed E-state index contributed by atoms with van der Waals surface area (Å²) in [6.07, 6.45) is 5.40. The molecule has 35 heavy (non-hydrogen) atoms. The first-order valence-corrected chi connectivity index (χ1v) is 13.7. The van der Waals surface area contributed by atoms with Crippen molar-refractivity contribution in [2.75, 3.05) is 54.4 Å². The summed E-state index contributed by atoms with van der Waals surface area (Å²) in [7, 11) is 6.15. The molecule has 0 aliphatic carbocycles. The predicted molar refractivity (Wildman–Crippen MR) is 147 cm³/mol. The third kappa shape index (κ3) is 13.7. The molecule has 2 aromatic rings. The number of piperidine rings is 1. The van der Waals surface area contributed by atoms with E-state index in [1.54, 1.807) is 24.1 Å². The molecule has 1 amide bonds. The summed E-state index contributed by atoms with van der Waals surface area (Å²) < 4.78 is 18.7. The second kappa shape index (κ2) is 18.4. The monoisotopic (exact) mass is 523 g/mol. The lowest BCUT2D eigenvalue weighted by Gasteiger charge is -2.24. The van der Waals surface area contributed by atoms with Crippen LogP contribution in [0.4, 0.5) is 4.79 Å². The molecule has 1 fully saturated rings. The molecule has 6 nitrogen and oxygen atoms in total. The Balaban J connectivity index is 0.000000276. The minimum Gasteiger partial charge on any atom is -0.453 e. The van der Waals surface area contributed by atoms with Crippen LogP contribution in [0, 0.1) is 0 Å². The van der Waals surface area contributed by atoms with Crippen LogP contribution in [0.5, 0.6) is 0 Å². The minimum atomic E-state index is -1.00. The number of aryl methyl sites for hydroxylation is 1. The number of nitrogens with zero attached hydrogens (tertiary/aromatic N) is 3. The highest BCUT2D eigenvalue weighted by atomic mass is 35.5. The molecule has 1 atom stereocenters. The van der Waals surface area contributed by atoms with Crippen LogP contribution in [0.25, 0.3) is 0 Å². The lowest BCUT2D eigenvalue weighted by molar-refractivity contribution is 0.132. The van der Waals surface area contributed by atoms with E-state index in [1.807, 2.05) is 36.6 Å². The minimum absolute atomic E-state index is 0.270. The average Bonchev–Trinajstić information content (AvgIpc) is 2.89. The van der Waals surface area contributed by atoms with Gasteiger partial charge in [0.1, 0.15) is 11.0 Å². The predicted octanol–water partition coefficient (Wildman–Crippen LogP) is 5.73. The van der Waals surface area contributed by atoms with E-state index in [0.29, 0.717) is 5.02 Å². The average molecular weight is 524 g/mol. The number of carbonyl (C=O) groups excluding carboxylic acids is 1. The summed E-state index contributed by atoms with van der Waals surface area (Å²) in [4.78, 5) is 15.4. The maximum Gasteiger partial charge on any atom is 0.409 e. The molecule has 1 heterocycles. The van der Waals surface area contributed by atoms with Gasteiger partial charge in [0, 0.05) is 31.7 Å². The smallest absolute Gasteiger partial charge is 0.409 e. The number of benzene rings is 2. The molecule has 2 aromatic carbocycles. The molecular formula is C27H42ClN3O3S. The Morgan fingerprint density at radius 3 is 2.06 bits per heavy atom. The summed E-state index contributed by atoms with van der Waals surface area (Å²) >= 11 is 5.79. The van der Waals surface area contributed by atoms with Crippen LogP contribution in [-0.2, 0) is 22.1 Å². The number of halogens is 1. The highest BCUT2D eigenvalue weighted by Crippen LogP contribution is 2.18. The normalized spacial score (nSPS) is 14.1. The first kappa shape index (κ1) is 31.1. The molecule has 0 spiro atoms. The maximum atomic E-state index is 12.1. The molecule has 196 valence electrons. The van der Waals surface area contributed by atoms with Gasteiger partial charge in [0.05, 0.1) is 12.0 Å². The van der Waals surface area contributed by atoms with Gasteiger partial charge >= 0.3 is 6.09 Å². The Morgan fingerprint density at radius 2 is 1.57 bits per heavy atom. The third-order valence-corrected chi connectivity index (χ3v) is 7.16. The lowest BCUT2D eigenvalue weighted by Crippen LogP contribution is -2.31. The number of hydrogen-bond acceptors (Lipinski definition) is 4. The fourth-order valence-electron chi connectivity index (χ4n) is 3.32. The van der Waals surface area contributed by atoms with Crippen molar-refractivity contribution in [3.8, 4) is 0 Å². The molecule has 1 unspecified atom stereocenters. The second-order valence-corrected chi connectivity index (χ2v) is 10.5. The van der Waals surface area contributed by atoms with Gasteiger partial charge in [-0.25, -0.2) is 13.3 Å². The van der Waals surface area contributed by atoms with Gasteiger partial charge < -0.3 is 14.5 Å². The van der Waals surface area contributed by atoms with Gasteiger partial charge in [0.2, 0.25) is 0 Å². The van der Waals surface area contributed by atoms with Crippen LogP contribution in [0.1, 0.15) is 38.2 Å². The van der Waals surface area contributed by atoms with Crippen molar-refractivity contribution in [1.82, 2.24) is 14.1 Å². The fraction of sp³-hybridized carbons (Fsp3) is 0.519. The first-order valence-electron chi connectivity index (χ1n) is 12.2. The van der Waals surface area contributed by atoms with Crippen LogP contribution < -0.4 is 0 Å². The van der Waals surface area contributed by atoms with E-state index in [-0.39, 0.29) is 6.09 Å². The number of methoxy groups -OCH3 is 1. The third-order valence-electron chi connectivity index (χ3n) is 5.40. The molecule has 0 N–H and O–H groups in total. The van der Waals surface area contributed by atoms with Gasteiger partial charge in [-0.2, -0.15) is 0 Å². The highest BCUT2D eigenvalue weighted by Gasteiger charge is 2.17. The Morgan fingerprint density at radius 1 is 0.971 bits per heavy atom. The van der Waals surface area contributed by atoms with Gasteiger partial charge in [-0.15, -0.1) is 0 Å². The molecule has 8 heteroatoms. The topological polar surface area (TPSA) is 53.1 Å². The zero-order valence-corrected chi connectivity index (χ0v) is 23.5. The van der Waals surface area contributed by atoms with Gasteiger partial charge in [-0.1, -0.05) is 55.3 Å². The van der Waals surface area contributed by atoms with E-state index in [2.05, 4.69) is 40.8 Å². The van der Waals surface area contributed by atoms with Crippen molar-refractivity contribution in [2.45, 2.75) is 43.9 Å². The van der Waals surface area contributed by atoms with Crippen molar-refractivity contribution in [2.24, 2.45) is 0 Å². The quantitative estimate of drug-likeness (QED) is 0.464. The maximum absolute atomic E-state index is 12.1. The van der Waals surface area contributed by atoms with E-state index >= 15 is 0 Å². The Labute approximate surface area is 219 Å². The van der Waals surface area contributed by atoms with Crippen molar-refractivity contribution < 1.29 is 13.7 Å². The Kier molecular flexibility index (Phi) is 16.3. The van der Waals surface area contributed by atoms with E-state index in [4.69, 9.17) is 11.6 Å². The van der Waals surface area contributed by atoms with Crippen LogP contribution in [-0.4, -0.2) is 78.8 Å². The standard InChI is InChI=1S/C11H14ClNOS.C8H18N2O2.C8H10/c12-10-4-6-11(7-5-10)15(14)13-8-2-1-3-9-13;1-9(2)6-5-7-10(3)8(11)12-4;1-2-8-6-4-3-5-7-8/h4-7H,1-3,8-9H2;5-7H2,1-4H3;3-7H,2H2,1H3. The number of hydrogen-bond donors (Lipinski definition) is 0. The summed E-state index contributed by atoms with van der Waals surface area (Å²) in [5.74, 6) is 0. The molecule has 0 aromatic heterocycles. The van der Waals surface area contributed by atoms with Crippen LogP contribution in [0.15, 0.2) is 59.5 Å². The number of ether oxygens (including phenoxy) is 1. The van der Waals surface area contributed by atoms with Crippen molar-refractivity contribution >= 4 is 28.7 Å². The summed E-state index contributed by atoms with van der Waals surface area (Å²) in [5, 5.41) is 0.689. The molecule has 1 saturated heterocycles. The number of carbonyl (C=O) groups is 1. The molecule has 1 aliphatic rings. The van der Waals surface area contributed by atoms with Crippen molar-refractivity contribution in [1.29, 1.82) is 0 Å². The number of amides is 1. The molecule has 0 radical (unpaired) electrons. The van der Waals surface area contributed by atoms with E-state index in [9.17, 15) is 9.00 Å². The molecule has 3 rings (SSSR count). The van der Waals surface area contributed by atoms with E-state index < -0.39 is 11.0 Å². The van der Waals surface area contributed by atoms with E-state index in [0.717, 1.165) is 56.8 Å². The summed E-state index contributed by atoms with van der Waals surface area (Å²) in [6.45, 7) is 5.77. The Bertz CT molecular complexity index is 845. The van der Waals surface area contributed by atoms with Crippen LogP contribution in [0.3, 0.4) is 0 Å². The molecule has 0 saturated carbocycles. The van der Waals surface area contributed by atoms with Crippen molar-refractivity contribution in [3.63, 3.8) is 0 Å². The number of rotatable bonds is 7. The Hall–Kier alpha value is -1.93. The summed E-state index contributed by atoms with van der Waals surface area (Å²) in [5.41, 5.74) is 1.41. The summed E-state index contributed by atoms with van der Waals surface area (Å²) in [6, 6.07) is 17.7. The van der Waals surface area contributed by atoms with Gasteiger partial charge in [-0.05, 0) is 76.2 Å². The second-order valence-electron chi connectivity index (χ2n) is 8.58. The van der Waals surface area contributed by atoms with Crippen LogP contribution >= 0.6 is 11.6 Å². The van der Waals surface area contributed by atoms with Gasteiger partial charge in [-0.3, -0.25) is 0 Å². The molecular weight excluding hydrogens is 482 g/mol. The SMILES string of the molecule is CCc1ccccc1.COC(=O)N(C)CCCN(C)C.O=S(c1ccc(Cl)cc1)N1CCCCC1. The zero-order valence-electron chi connectivity index (χ0n) is 21.9. The lowest BCUT2D eigenvalue weighted by atomic mass is 10.2. The van der Waals surface area contributed by atoms with Gasteiger partial charge in [0.15, 0.2) is 0 Å². The van der Waals surface area contributed by atoms with Crippen LogP contribution in [0.2, 0.25) is 5.02 Å². The molecule has 0 bridgehead atoms. The molecule has 1 aliphatic heterocycles. The highest BCUT2D eigenvalue weighted by molar-refractivity contribution is 7.82. The first-order chi connectivity index (χ1) is 16.8. The fourth-order valence-corrected chi connectivity index (χ4v) is 4.70.